The lowest BCUT2D eigenvalue weighted by molar-refractivity contribution is -0.121. The number of carbonyl (C=O) groups excluding carboxylic acids is 2. The lowest BCUT2D eigenvalue weighted by Gasteiger charge is -2.20. The van der Waals surface area contributed by atoms with Crippen molar-refractivity contribution < 1.29 is 32.0 Å². The average molecular weight is 903 g/mol. The van der Waals surface area contributed by atoms with Crippen LogP contribution in [0.1, 0.15) is 74.1 Å². The third-order valence-corrected chi connectivity index (χ3v) is 11.1. The summed E-state index contributed by atoms with van der Waals surface area (Å²) in [5.74, 6) is 1.19. The van der Waals surface area contributed by atoms with E-state index in [-0.39, 0.29) is 40.8 Å². The van der Waals surface area contributed by atoms with Crippen LogP contribution in [0.15, 0.2) is 125 Å². The number of amides is 2. The molecule has 2 amide bonds. The number of unbranched alkanes of at least 4 members (excludes halogenated alkanes) is 2. The van der Waals surface area contributed by atoms with Crippen LogP contribution in [0.25, 0.3) is 22.4 Å². The second-order valence-electron chi connectivity index (χ2n) is 15.7. The number of hydrazone groups is 1. The minimum absolute atomic E-state index is 0.0744. The van der Waals surface area contributed by atoms with Crippen molar-refractivity contribution in [1.82, 2.24) is 40.8 Å². The lowest BCUT2D eigenvalue weighted by atomic mass is 9.86. The highest BCUT2D eigenvalue weighted by Gasteiger charge is 2.26. The molecule has 6 rings (SSSR count). The topological polar surface area (TPSA) is 225 Å². The van der Waals surface area contributed by atoms with Gasteiger partial charge in [0.25, 0.3) is 16.0 Å². The number of aromatic nitrogens is 6. The summed E-state index contributed by atoms with van der Waals surface area (Å²) in [6.07, 6.45) is 6.98. The lowest BCUT2D eigenvalue weighted by Crippen LogP contribution is -2.30. The Bertz CT molecular complexity index is 2530. The third kappa shape index (κ3) is 15.1. The molecule has 18 heteroatoms. The fourth-order valence-corrected chi connectivity index (χ4v) is 7.28. The van der Waals surface area contributed by atoms with Crippen molar-refractivity contribution in [3.8, 4) is 28.3 Å². The summed E-state index contributed by atoms with van der Waals surface area (Å²) < 4.78 is 44.2. The van der Waals surface area contributed by atoms with E-state index in [2.05, 4.69) is 85.7 Å². The minimum atomic E-state index is -4.40. The van der Waals surface area contributed by atoms with Crippen LogP contribution in [0.5, 0.6) is 5.88 Å². The molecule has 65 heavy (non-hydrogen) atoms. The molecule has 0 unspecified atom stereocenters. The van der Waals surface area contributed by atoms with Crippen molar-refractivity contribution >= 4 is 34.0 Å². The smallest absolute Gasteiger partial charge is 0.295 e. The Labute approximate surface area is 378 Å². The molecule has 0 fully saturated rings. The molecule has 3 heterocycles. The molecule has 0 radical (unpaired) electrons. The maximum atomic E-state index is 12.5. The van der Waals surface area contributed by atoms with E-state index in [1.165, 1.54) is 36.7 Å². The van der Waals surface area contributed by atoms with Gasteiger partial charge in [-0.25, -0.2) is 9.97 Å². The molecule has 0 aliphatic carbocycles. The Morgan fingerprint density at radius 2 is 1.54 bits per heavy atom. The van der Waals surface area contributed by atoms with Gasteiger partial charge in [0, 0.05) is 48.3 Å². The highest BCUT2D eigenvalue weighted by atomic mass is 32.2. The van der Waals surface area contributed by atoms with E-state index in [0.717, 1.165) is 48.1 Å². The maximum Gasteiger partial charge on any atom is 0.295 e. The summed E-state index contributed by atoms with van der Waals surface area (Å²) >= 11 is 0. The number of anilines is 1. The van der Waals surface area contributed by atoms with Gasteiger partial charge in [-0.15, -0.1) is 10.2 Å². The Morgan fingerprint density at radius 1 is 0.815 bits per heavy atom. The number of pyridine rings is 2. The average Bonchev–Trinajstić information content (AvgIpc) is 3.81. The normalized spacial score (nSPS) is 11.7. The molecule has 0 bridgehead atoms. The van der Waals surface area contributed by atoms with Gasteiger partial charge in [0.2, 0.25) is 11.8 Å². The molecular formula is C47H54N10O7S. The van der Waals surface area contributed by atoms with Crippen LogP contribution in [0.3, 0.4) is 0 Å². The third-order valence-electron chi connectivity index (χ3n) is 10.2. The molecule has 0 atom stereocenters. The van der Waals surface area contributed by atoms with Crippen molar-refractivity contribution in [3.63, 3.8) is 0 Å². The predicted molar refractivity (Wildman–Crippen MR) is 247 cm³/mol. The summed E-state index contributed by atoms with van der Waals surface area (Å²) in [7, 11) is -4.40. The summed E-state index contributed by atoms with van der Waals surface area (Å²) in [6, 6.07) is 33.4. The van der Waals surface area contributed by atoms with Crippen LogP contribution in [-0.2, 0) is 31.6 Å². The van der Waals surface area contributed by atoms with Gasteiger partial charge in [0.1, 0.15) is 10.7 Å². The van der Waals surface area contributed by atoms with Gasteiger partial charge in [0.05, 0.1) is 43.8 Å². The van der Waals surface area contributed by atoms with E-state index in [1.807, 2.05) is 42.5 Å². The van der Waals surface area contributed by atoms with E-state index in [4.69, 9.17) is 14.5 Å². The van der Waals surface area contributed by atoms with Crippen molar-refractivity contribution in [2.45, 2.75) is 69.2 Å². The second-order valence-corrected chi connectivity index (χ2v) is 17.1. The molecule has 3 aromatic heterocycles. The fraction of sp³-hybridized carbons (Fsp3) is 0.319. The first-order chi connectivity index (χ1) is 31.4. The van der Waals surface area contributed by atoms with E-state index in [1.54, 1.807) is 16.9 Å². The van der Waals surface area contributed by atoms with Crippen LogP contribution < -0.4 is 20.8 Å². The Kier molecular flexibility index (Phi) is 17.3. The van der Waals surface area contributed by atoms with E-state index in [9.17, 15) is 22.6 Å². The summed E-state index contributed by atoms with van der Waals surface area (Å²) in [4.78, 5) is 35.1. The zero-order valence-electron chi connectivity index (χ0n) is 36.5. The number of nitrogens with one attached hydrogen (secondary N) is 3. The van der Waals surface area contributed by atoms with Crippen molar-refractivity contribution in [1.29, 1.82) is 0 Å². The number of tetrazole rings is 1. The minimum Gasteiger partial charge on any atom is -0.478 e. The molecule has 4 N–H and O–H groups in total. The number of aryl methyl sites for hydroxylation is 1. The predicted octanol–water partition coefficient (Wildman–Crippen LogP) is 6.75. The van der Waals surface area contributed by atoms with Gasteiger partial charge < -0.3 is 20.1 Å². The van der Waals surface area contributed by atoms with E-state index in [0.29, 0.717) is 62.2 Å². The number of hydrogen-bond acceptors (Lipinski definition) is 13. The molecule has 0 spiro atoms. The number of benzene rings is 3. The monoisotopic (exact) mass is 902 g/mol. The van der Waals surface area contributed by atoms with Gasteiger partial charge >= 0.3 is 0 Å². The molecule has 0 aliphatic rings. The fourth-order valence-electron chi connectivity index (χ4n) is 6.61. The number of hydrogen-bond donors (Lipinski definition) is 4. The summed E-state index contributed by atoms with van der Waals surface area (Å²) in [6.45, 7) is 6.49. The van der Waals surface area contributed by atoms with E-state index >= 15 is 0 Å². The molecular weight excluding hydrogens is 849 g/mol. The molecule has 0 saturated carbocycles. The first-order valence-electron chi connectivity index (χ1n) is 21.4. The van der Waals surface area contributed by atoms with Crippen molar-refractivity contribution in [2.75, 3.05) is 38.3 Å². The number of nitrogens with zero attached hydrogens (tertiary/aromatic N) is 7. The van der Waals surface area contributed by atoms with Crippen LogP contribution >= 0.6 is 0 Å². The Balaban J connectivity index is 0.800. The van der Waals surface area contributed by atoms with Crippen LogP contribution in [0.2, 0.25) is 0 Å². The van der Waals surface area contributed by atoms with Gasteiger partial charge in [0.15, 0.2) is 5.82 Å². The SMILES string of the molecule is CC(C)(CCCCOc1cc(-c2ccccc2)cc(-c2ccccc2)n1)c1nnn(CCCCC(=O)NCCOCCNC(=O)c2ccc(N/N=C/c3ccccc3S(=O)(=O)O)nc2)n1. The Hall–Kier alpha value is -6.89. The first-order valence-corrected chi connectivity index (χ1v) is 22.9. The molecule has 17 nitrogen and oxygen atoms in total. The highest BCUT2D eigenvalue weighted by Crippen LogP contribution is 2.30. The van der Waals surface area contributed by atoms with Crippen LogP contribution in [0, 0.1) is 0 Å². The number of ether oxygens (including phenoxy) is 2. The Morgan fingerprint density at radius 3 is 2.28 bits per heavy atom. The quantitative estimate of drug-likeness (QED) is 0.0202. The maximum absolute atomic E-state index is 12.5. The largest absolute Gasteiger partial charge is 0.478 e. The standard InChI is InChI=1S/C47H54N10O7S/c1-47(2,24-12-14-28-64-44-32-39(35-15-5-3-6-16-35)31-40(52-44)36-17-7-4-8-18-36)46-54-56-57(55-46)27-13-11-21-43(58)48-25-29-63-30-26-49-45(59)38-22-23-42(50-33-38)53-51-34-37-19-9-10-20-41(37)65(60,61)62/h3-10,15-20,22-23,31-34H,11-14,21,24-30H2,1-2H3,(H,48,58)(H,49,59)(H,50,53)(H,60,61,62)/b51-34+. The van der Waals surface area contributed by atoms with Crippen molar-refractivity contribution in [2.24, 2.45) is 5.10 Å². The van der Waals surface area contributed by atoms with Gasteiger partial charge in [-0.3, -0.25) is 19.6 Å². The van der Waals surface area contributed by atoms with E-state index < -0.39 is 10.1 Å². The highest BCUT2D eigenvalue weighted by molar-refractivity contribution is 7.86. The molecule has 6 aromatic rings. The summed E-state index contributed by atoms with van der Waals surface area (Å²) in [5, 5.41) is 22.8. The van der Waals surface area contributed by atoms with Crippen LogP contribution in [0.4, 0.5) is 5.82 Å². The zero-order valence-corrected chi connectivity index (χ0v) is 37.3. The second kappa shape index (κ2) is 23.7. The number of carbonyl (C=O) groups is 2. The summed E-state index contributed by atoms with van der Waals surface area (Å²) in [5.41, 5.74) is 6.96. The van der Waals surface area contributed by atoms with Gasteiger partial charge in [-0.1, -0.05) is 92.7 Å². The van der Waals surface area contributed by atoms with Gasteiger partial charge in [-0.05, 0) is 72.7 Å². The number of rotatable bonds is 25. The van der Waals surface area contributed by atoms with Crippen molar-refractivity contribution in [3.05, 3.63) is 132 Å². The zero-order chi connectivity index (χ0) is 45.9. The molecule has 340 valence electrons. The molecule has 0 saturated heterocycles. The van der Waals surface area contributed by atoms with Crippen LogP contribution in [-0.4, -0.2) is 94.1 Å². The molecule has 3 aromatic carbocycles. The molecule has 0 aliphatic heterocycles. The first kappa shape index (κ1) is 47.6. The van der Waals surface area contributed by atoms with Gasteiger partial charge in [-0.2, -0.15) is 18.3 Å².